The second-order valence-corrected chi connectivity index (χ2v) is 8.69. The molecule has 0 amide bonds. The minimum atomic E-state index is -3.30. The number of fused-ring (bicyclic) bond motifs is 1. The third-order valence-electron chi connectivity index (χ3n) is 4.11. The SMILES string of the molecule is Cc1noc(C)c1CS(=O)(=O)CCc1cc(Cl)c2c(c1)OCCCO2. The quantitative estimate of drug-likeness (QED) is 0.786. The van der Waals surface area contributed by atoms with Gasteiger partial charge < -0.3 is 14.0 Å². The maximum Gasteiger partial charge on any atom is 0.179 e. The van der Waals surface area contributed by atoms with Gasteiger partial charge in [-0.2, -0.15) is 0 Å². The van der Waals surface area contributed by atoms with Crippen molar-refractivity contribution in [3.63, 3.8) is 0 Å². The van der Waals surface area contributed by atoms with E-state index in [4.69, 9.17) is 25.6 Å². The Kier molecular flexibility index (Phi) is 5.24. The Balaban J connectivity index is 1.73. The van der Waals surface area contributed by atoms with Gasteiger partial charge >= 0.3 is 0 Å². The topological polar surface area (TPSA) is 78.6 Å². The van der Waals surface area contributed by atoms with Gasteiger partial charge in [-0.1, -0.05) is 16.8 Å². The molecule has 1 aliphatic rings. The van der Waals surface area contributed by atoms with Gasteiger partial charge in [-0.25, -0.2) is 8.42 Å². The van der Waals surface area contributed by atoms with Gasteiger partial charge in [0.25, 0.3) is 0 Å². The van der Waals surface area contributed by atoms with Crippen molar-refractivity contribution in [2.24, 2.45) is 0 Å². The number of hydrogen-bond donors (Lipinski definition) is 0. The molecule has 0 N–H and O–H groups in total. The first kappa shape index (κ1) is 18.1. The Morgan fingerprint density at radius 3 is 2.68 bits per heavy atom. The van der Waals surface area contributed by atoms with Crippen molar-refractivity contribution in [1.82, 2.24) is 5.16 Å². The van der Waals surface area contributed by atoms with Crippen molar-refractivity contribution >= 4 is 21.4 Å². The smallest absolute Gasteiger partial charge is 0.179 e. The predicted molar refractivity (Wildman–Crippen MR) is 94.2 cm³/mol. The summed E-state index contributed by atoms with van der Waals surface area (Å²) in [5.41, 5.74) is 2.05. The number of benzene rings is 1. The number of aromatic nitrogens is 1. The van der Waals surface area contributed by atoms with Crippen LogP contribution in [0.4, 0.5) is 0 Å². The molecule has 0 bridgehead atoms. The lowest BCUT2D eigenvalue weighted by Gasteiger charge is -2.12. The fourth-order valence-corrected chi connectivity index (χ4v) is 4.53. The fraction of sp³-hybridized carbons (Fsp3) is 0.471. The molecule has 2 heterocycles. The normalized spacial score (nSPS) is 14.4. The molecule has 0 aliphatic carbocycles. The number of hydrogen-bond acceptors (Lipinski definition) is 6. The van der Waals surface area contributed by atoms with Crippen molar-refractivity contribution < 1.29 is 22.4 Å². The molecule has 0 radical (unpaired) electrons. The zero-order valence-corrected chi connectivity index (χ0v) is 15.7. The number of rotatable bonds is 5. The van der Waals surface area contributed by atoms with Crippen LogP contribution in [0, 0.1) is 13.8 Å². The van der Waals surface area contributed by atoms with Crippen LogP contribution in [0.2, 0.25) is 5.02 Å². The zero-order valence-electron chi connectivity index (χ0n) is 14.2. The second-order valence-electron chi connectivity index (χ2n) is 6.10. The van der Waals surface area contributed by atoms with E-state index in [2.05, 4.69) is 5.16 Å². The Labute approximate surface area is 152 Å². The van der Waals surface area contributed by atoms with E-state index in [0.717, 1.165) is 12.0 Å². The molecule has 0 saturated heterocycles. The van der Waals surface area contributed by atoms with Gasteiger partial charge in [-0.15, -0.1) is 0 Å². The summed E-state index contributed by atoms with van der Waals surface area (Å²) >= 11 is 6.25. The lowest BCUT2D eigenvalue weighted by atomic mass is 10.1. The van der Waals surface area contributed by atoms with Crippen molar-refractivity contribution in [1.29, 1.82) is 0 Å². The minimum absolute atomic E-state index is 0.00698. The largest absolute Gasteiger partial charge is 0.489 e. The maximum absolute atomic E-state index is 12.4. The minimum Gasteiger partial charge on any atom is -0.489 e. The molecule has 0 atom stereocenters. The molecule has 1 aliphatic heterocycles. The number of sulfone groups is 1. The first-order valence-corrected chi connectivity index (χ1v) is 10.3. The molecule has 1 aromatic carbocycles. The molecule has 3 rings (SSSR count). The first-order chi connectivity index (χ1) is 11.9. The molecule has 0 spiro atoms. The standard InChI is InChI=1S/C17H20ClNO5S/c1-11-14(12(2)24-19-11)10-25(20,21)7-4-13-8-15(18)17-16(9-13)22-5-3-6-23-17/h8-9H,3-7,10H2,1-2H3. The molecular weight excluding hydrogens is 366 g/mol. The molecule has 25 heavy (non-hydrogen) atoms. The molecule has 2 aromatic rings. The summed E-state index contributed by atoms with van der Waals surface area (Å²) in [5, 5.41) is 4.24. The van der Waals surface area contributed by atoms with Crippen LogP contribution in [0.5, 0.6) is 11.5 Å². The van der Waals surface area contributed by atoms with Gasteiger partial charge in [0.15, 0.2) is 21.3 Å². The van der Waals surface area contributed by atoms with E-state index in [1.165, 1.54) is 0 Å². The number of halogens is 1. The number of nitrogens with zero attached hydrogens (tertiary/aromatic N) is 1. The van der Waals surface area contributed by atoms with Gasteiger partial charge in [0.2, 0.25) is 0 Å². The van der Waals surface area contributed by atoms with E-state index in [1.54, 1.807) is 26.0 Å². The highest BCUT2D eigenvalue weighted by Gasteiger charge is 2.20. The van der Waals surface area contributed by atoms with Crippen molar-refractivity contribution in [3.05, 3.63) is 39.7 Å². The van der Waals surface area contributed by atoms with Crippen LogP contribution in [0.1, 0.15) is 29.0 Å². The predicted octanol–water partition coefficient (Wildman–Crippen LogP) is 3.26. The summed E-state index contributed by atoms with van der Waals surface area (Å²) < 4.78 is 41.1. The highest BCUT2D eigenvalue weighted by Crippen LogP contribution is 2.38. The molecule has 0 unspecified atom stereocenters. The maximum atomic E-state index is 12.4. The molecule has 6 nitrogen and oxygen atoms in total. The molecule has 8 heteroatoms. The Morgan fingerprint density at radius 1 is 1.20 bits per heavy atom. The lowest BCUT2D eigenvalue weighted by molar-refractivity contribution is 0.297. The second kappa shape index (κ2) is 7.25. The average molecular weight is 386 g/mol. The average Bonchev–Trinajstić information content (AvgIpc) is 2.78. The van der Waals surface area contributed by atoms with Gasteiger partial charge in [-0.3, -0.25) is 0 Å². The van der Waals surface area contributed by atoms with Gasteiger partial charge in [-0.05, 0) is 38.0 Å². The highest BCUT2D eigenvalue weighted by molar-refractivity contribution is 7.90. The monoisotopic (exact) mass is 385 g/mol. The molecule has 1 aromatic heterocycles. The first-order valence-electron chi connectivity index (χ1n) is 8.06. The molecule has 0 saturated carbocycles. The third kappa shape index (κ3) is 4.27. The Hall–Kier alpha value is -1.73. The Morgan fingerprint density at radius 2 is 1.96 bits per heavy atom. The summed E-state index contributed by atoms with van der Waals surface area (Å²) in [6.07, 6.45) is 1.13. The van der Waals surface area contributed by atoms with E-state index in [-0.39, 0.29) is 11.5 Å². The highest BCUT2D eigenvalue weighted by atomic mass is 35.5. The zero-order chi connectivity index (χ0) is 18.0. The summed E-state index contributed by atoms with van der Waals surface area (Å²) in [6.45, 7) is 4.56. The van der Waals surface area contributed by atoms with Gasteiger partial charge in [0.1, 0.15) is 5.76 Å². The van der Waals surface area contributed by atoms with E-state index in [0.29, 0.717) is 53.2 Å². The summed E-state index contributed by atoms with van der Waals surface area (Å²) in [4.78, 5) is 0. The molecule has 0 fully saturated rings. The summed E-state index contributed by atoms with van der Waals surface area (Å²) in [7, 11) is -3.30. The van der Waals surface area contributed by atoms with Crippen LogP contribution >= 0.6 is 11.6 Å². The van der Waals surface area contributed by atoms with E-state index < -0.39 is 9.84 Å². The fourth-order valence-electron chi connectivity index (χ4n) is 2.70. The summed E-state index contributed by atoms with van der Waals surface area (Å²) in [5.74, 6) is 1.57. The van der Waals surface area contributed by atoms with Crippen molar-refractivity contribution in [2.45, 2.75) is 32.4 Å². The third-order valence-corrected chi connectivity index (χ3v) is 5.94. The van der Waals surface area contributed by atoms with E-state index in [1.807, 2.05) is 0 Å². The van der Waals surface area contributed by atoms with Crippen LogP contribution < -0.4 is 9.47 Å². The van der Waals surface area contributed by atoms with Crippen LogP contribution in [0.15, 0.2) is 16.7 Å². The summed E-state index contributed by atoms with van der Waals surface area (Å²) in [6, 6.07) is 3.54. The van der Waals surface area contributed by atoms with Crippen LogP contribution in [0.3, 0.4) is 0 Å². The Bertz CT molecular complexity index is 856. The van der Waals surface area contributed by atoms with Crippen molar-refractivity contribution in [3.8, 4) is 11.5 Å². The number of ether oxygens (including phenoxy) is 2. The van der Waals surface area contributed by atoms with Crippen LogP contribution in [0.25, 0.3) is 0 Å². The number of aryl methyl sites for hydroxylation is 3. The lowest BCUT2D eigenvalue weighted by Crippen LogP contribution is -2.12. The molecule has 136 valence electrons. The van der Waals surface area contributed by atoms with Crippen molar-refractivity contribution in [2.75, 3.05) is 19.0 Å². The molecular formula is C17H20ClNO5S. The van der Waals surface area contributed by atoms with E-state index in [9.17, 15) is 8.42 Å². The van der Waals surface area contributed by atoms with Gasteiger partial charge in [0, 0.05) is 12.0 Å². The van der Waals surface area contributed by atoms with Crippen LogP contribution in [-0.4, -0.2) is 32.5 Å². The van der Waals surface area contributed by atoms with Gasteiger partial charge in [0.05, 0.1) is 35.4 Å². The van der Waals surface area contributed by atoms with Crippen LogP contribution in [-0.2, 0) is 22.0 Å². The van der Waals surface area contributed by atoms with E-state index >= 15 is 0 Å².